The molecule has 4 heterocycles. The second-order valence-corrected chi connectivity index (χ2v) is 5.45. The number of imidazole rings is 1. The summed E-state index contributed by atoms with van der Waals surface area (Å²) in [6, 6.07) is 1.87. The van der Waals surface area contributed by atoms with Crippen LogP contribution in [-0.2, 0) is 16.1 Å². The molecule has 0 amide bonds. The molecule has 1 fully saturated rings. The average molecular weight is 344 g/mol. The molecule has 0 aromatic carbocycles. The van der Waals surface area contributed by atoms with Crippen molar-refractivity contribution < 1.29 is 14.6 Å². The number of hydrogen-bond donors (Lipinski definition) is 1. The molecule has 9 nitrogen and oxygen atoms in total. The zero-order valence-corrected chi connectivity index (χ0v) is 13.7. The highest BCUT2D eigenvalue weighted by Crippen LogP contribution is 2.21. The summed E-state index contributed by atoms with van der Waals surface area (Å²) in [5.74, 6) is 0.918. The topological polar surface area (TPSA) is 97.8 Å². The van der Waals surface area contributed by atoms with E-state index >= 15 is 0 Å². The van der Waals surface area contributed by atoms with E-state index in [0.717, 1.165) is 56.4 Å². The Bertz CT molecular complexity index is 809. The molecule has 0 aliphatic carbocycles. The summed E-state index contributed by atoms with van der Waals surface area (Å²) in [7, 11) is 0. The van der Waals surface area contributed by atoms with Crippen LogP contribution in [0.3, 0.4) is 0 Å². The Hall–Kier alpha value is -2.78. The number of morpholine rings is 1. The van der Waals surface area contributed by atoms with Gasteiger partial charge in [0.2, 0.25) is 0 Å². The van der Waals surface area contributed by atoms with Gasteiger partial charge in [0.15, 0.2) is 5.65 Å². The first-order valence-electron chi connectivity index (χ1n) is 8.01. The minimum atomic E-state index is -0.250. The molecule has 0 atom stereocenters. The number of nitrogens with zero attached hydrogens (tertiary/aromatic N) is 6. The van der Waals surface area contributed by atoms with Crippen molar-refractivity contribution in [3.63, 3.8) is 0 Å². The molecule has 132 valence electrons. The van der Waals surface area contributed by atoms with Crippen molar-refractivity contribution in [1.29, 1.82) is 0 Å². The smallest absolute Gasteiger partial charge is 0.290 e. The average Bonchev–Trinajstić information content (AvgIpc) is 3.28. The van der Waals surface area contributed by atoms with E-state index < -0.39 is 0 Å². The van der Waals surface area contributed by atoms with Crippen molar-refractivity contribution in [2.45, 2.75) is 6.54 Å². The Kier molecular flexibility index (Phi) is 5.70. The number of rotatable bonds is 4. The summed E-state index contributed by atoms with van der Waals surface area (Å²) < 4.78 is 9.33. The lowest BCUT2D eigenvalue weighted by Gasteiger charge is -2.26. The Labute approximate surface area is 144 Å². The normalized spacial score (nSPS) is 14.9. The van der Waals surface area contributed by atoms with E-state index in [-0.39, 0.29) is 6.47 Å². The molecule has 25 heavy (non-hydrogen) atoms. The summed E-state index contributed by atoms with van der Waals surface area (Å²) >= 11 is 0. The lowest BCUT2D eigenvalue weighted by Crippen LogP contribution is -2.38. The highest BCUT2D eigenvalue weighted by Gasteiger charge is 2.15. The molecule has 9 heteroatoms. The number of hydrogen-bond acceptors (Lipinski definition) is 6. The lowest BCUT2D eigenvalue weighted by molar-refractivity contribution is -0.122. The molecule has 4 rings (SSSR count). The standard InChI is InChI=1S/C15H18N6O.CH2O2/c1-2-16-15-13(12-18-21(15)4-1)14-17-3-5-20(14)7-6-19-8-10-22-11-9-19;2-1-3/h1-5,12H,6-11H2;1H,(H,2,3). The Balaban J connectivity index is 0.000000569. The predicted octanol–water partition coefficient (Wildman–Crippen LogP) is 0.626. The summed E-state index contributed by atoms with van der Waals surface area (Å²) in [5.41, 5.74) is 1.80. The van der Waals surface area contributed by atoms with E-state index in [1.807, 2.05) is 30.9 Å². The quantitative estimate of drug-likeness (QED) is 0.693. The second-order valence-electron chi connectivity index (χ2n) is 5.45. The number of carbonyl (C=O) groups is 1. The number of aromatic nitrogens is 5. The van der Waals surface area contributed by atoms with E-state index in [1.54, 1.807) is 10.7 Å². The van der Waals surface area contributed by atoms with Crippen LogP contribution in [0.2, 0.25) is 0 Å². The van der Waals surface area contributed by atoms with Crippen LogP contribution in [-0.4, -0.2) is 73.5 Å². The van der Waals surface area contributed by atoms with Crippen molar-refractivity contribution >= 4 is 12.1 Å². The Morgan fingerprint density at radius 1 is 1.16 bits per heavy atom. The van der Waals surface area contributed by atoms with E-state index in [2.05, 4.69) is 24.5 Å². The van der Waals surface area contributed by atoms with Gasteiger partial charge >= 0.3 is 0 Å². The summed E-state index contributed by atoms with van der Waals surface area (Å²) in [4.78, 5) is 19.7. The molecule has 3 aromatic heterocycles. The Morgan fingerprint density at radius 2 is 1.96 bits per heavy atom. The van der Waals surface area contributed by atoms with Crippen LogP contribution >= 0.6 is 0 Å². The molecule has 1 aliphatic rings. The van der Waals surface area contributed by atoms with Gasteiger partial charge < -0.3 is 14.4 Å². The van der Waals surface area contributed by atoms with Crippen molar-refractivity contribution in [2.75, 3.05) is 32.8 Å². The number of carboxylic acid groups (broad SMARTS) is 1. The summed E-state index contributed by atoms with van der Waals surface area (Å²) in [6.45, 7) is 5.31. The van der Waals surface area contributed by atoms with E-state index in [9.17, 15) is 0 Å². The first-order chi connectivity index (χ1) is 12.3. The van der Waals surface area contributed by atoms with Gasteiger partial charge in [0, 0.05) is 51.0 Å². The van der Waals surface area contributed by atoms with Crippen LogP contribution in [0.15, 0.2) is 37.1 Å². The zero-order valence-electron chi connectivity index (χ0n) is 13.7. The fourth-order valence-corrected chi connectivity index (χ4v) is 2.79. The van der Waals surface area contributed by atoms with Gasteiger partial charge in [-0.3, -0.25) is 9.69 Å². The van der Waals surface area contributed by atoms with Crippen LogP contribution < -0.4 is 0 Å². The first-order valence-corrected chi connectivity index (χ1v) is 8.01. The molecule has 1 N–H and O–H groups in total. The second kappa shape index (κ2) is 8.36. The van der Waals surface area contributed by atoms with Crippen molar-refractivity contribution in [2.24, 2.45) is 0 Å². The van der Waals surface area contributed by atoms with Crippen LogP contribution in [0.1, 0.15) is 0 Å². The zero-order chi connectivity index (χ0) is 17.5. The third-order valence-electron chi connectivity index (χ3n) is 4.00. The van der Waals surface area contributed by atoms with Gasteiger partial charge in [-0.15, -0.1) is 0 Å². The van der Waals surface area contributed by atoms with Crippen molar-refractivity contribution in [3.8, 4) is 11.4 Å². The van der Waals surface area contributed by atoms with Crippen molar-refractivity contribution in [1.82, 2.24) is 29.0 Å². The third kappa shape index (κ3) is 4.01. The van der Waals surface area contributed by atoms with Gasteiger partial charge in [-0.05, 0) is 6.07 Å². The monoisotopic (exact) mass is 344 g/mol. The van der Waals surface area contributed by atoms with Gasteiger partial charge in [-0.1, -0.05) is 0 Å². The number of fused-ring (bicyclic) bond motifs is 1. The molecule has 0 radical (unpaired) electrons. The largest absolute Gasteiger partial charge is 0.483 e. The van der Waals surface area contributed by atoms with Crippen LogP contribution in [0.5, 0.6) is 0 Å². The lowest BCUT2D eigenvalue weighted by atomic mass is 10.3. The molecular formula is C16H20N6O3. The third-order valence-corrected chi connectivity index (χ3v) is 4.00. The van der Waals surface area contributed by atoms with Crippen LogP contribution in [0, 0.1) is 0 Å². The fourth-order valence-electron chi connectivity index (χ4n) is 2.79. The molecule has 0 bridgehead atoms. The van der Waals surface area contributed by atoms with E-state index in [1.165, 1.54) is 0 Å². The molecular weight excluding hydrogens is 324 g/mol. The van der Waals surface area contributed by atoms with Gasteiger partial charge in [0.1, 0.15) is 5.82 Å². The maximum atomic E-state index is 8.36. The molecule has 0 saturated carbocycles. The fraction of sp³-hybridized carbons (Fsp3) is 0.375. The molecule has 0 unspecified atom stereocenters. The molecule has 1 saturated heterocycles. The molecule has 0 spiro atoms. The summed E-state index contributed by atoms with van der Waals surface area (Å²) in [5, 5.41) is 11.2. The minimum absolute atomic E-state index is 0.250. The maximum Gasteiger partial charge on any atom is 0.290 e. The van der Waals surface area contributed by atoms with Crippen LogP contribution in [0.25, 0.3) is 17.0 Å². The van der Waals surface area contributed by atoms with E-state index in [0.29, 0.717) is 0 Å². The van der Waals surface area contributed by atoms with Crippen molar-refractivity contribution in [3.05, 3.63) is 37.1 Å². The first kappa shape index (κ1) is 17.1. The van der Waals surface area contributed by atoms with Gasteiger partial charge in [-0.25, -0.2) is 14.5 Å². The summed E-state index contributed by atoms with van der Waals surface area (Å²) in [6.07, 6.45) is 9.35. The Morgan fingerprint density at radius 3 is 2.76 bits per heavy atom. The number of ether oxygens (including phenoxy) is 1. The highest BCUT2D eigenvalue weighted by molar-refractivity contribution is 5.72. The minimum Gasteiger partial charge on any atom is -0.483 e. The SMILES string of the molecule is O=CO.c1cnc2c(-c3nccn3CCN3CCOCC3)cnn2c1. The maximum absolute atomic E-state index is 8.36. The molecule has 1 aliphatic heterocycles. The van der Waals surface area contributed by atoms with Gasteiger partial charge in [0.05, 0.1) is 25.0 Å². The van der Waals surface area contributed by atoms with Gasteiger partial charge in [0.25, 0.3) is 6.47 Å². The van der Waals surface area contributed by atoms with Gasteiger partial charge in [-0.2, -0.15) is 5.10 Å². The highest BCUT2D eigenvalue weighted by atomic mass is 16.5. The van der Waals surface area contributed by atoms with Crippen LogP contribution in [0.4, 0.5) is 0 Å². The predicted molar refractivity (Wildman–Crippen MR) is 90.2 cm³/mol. The van der Waals surface area contributed by atoms with E-state index in [4.69, 9.17) is 14.6 Å². The molecule has 3 aromatic rings.